The summed E-state index contributed by atoms with van der Waals surface area (Å²) in [6, 6.07) is 0. The Hall–Kier alpha value is 1.80. The van der Waals surface area contributed by atoms with Crippen LogP contribution in [-0.4, -0.2) is 37.7 Å². The van der Waals surface area contributed by atoms with E-state index >= 15 is 0 Å². The van der Waals surface area contributed by atoms with E-state index in [0.29, 0.717) is 0 Å². The van der Waals surface area contributed by atoms with Gasteiger partial charge in [0.05, 0.1) is 0 Å². The predicted molar refractivity (Wildman–Crippen MR) is 25.3 cm³/mol. The van der Waals surface area contributed by atoms with Crippen LogP contribution in [0.4, 0.5) is 0 Å². The minimum atomic E-state index is 0. The van der Waals surface area contributed by atoms with Gasteiger partial charge < -0.3 is 0 Å². The molecule has 0 fully saturated rings. The summed E-state index contributed by atoms with van der Waals surface area (Å²) in [5, 5.41) is 0. The van der Waals surface area contributed by atoms with Gasteiger partial charge in [0.2, 0.25) is 0 Å². The van der Waals surface area contributed by atoms with E-state index in [4.69, 9.17) is 14.9 Å². The van der Waals surface area contributed by atoms with Gasteiger partial charge in [-0.05, 0) is 5.54 Å². The Kier molecular flexibility index (Phi) is 76.1. The van der Waals surface area contributed by atoms with Gasteiger partial charge in [-0.15, -0.1) is 0 Å². The second kappa shape index (κ2) is 29.2. The monoisotopic (exact) mass is 168 g/mol. The van der Waals surface area contributed by atoms with E-state index in [0.717, 1.165) is 20.4 Å². The third kappa shape index (κ3) is 41.2. The average Bonchev–Trinajstić information content (AvgIpc) is 1.46. The molecule has 0 rings (SSSR count). The normalized spacial score (nSPS) is 2.67. The molecular weight excluding hydrogens is 163 g/mol. The fourth-order valence-corrected chi connectivity index (χ4v) is 0. The first kappa shape index (κ1) is 15.7. The van der Waals surface area contributed by atoms with Crippen molar-refractivity contribution in [2.75, 3.05) is 0 Å². The molecule has 0 aromatic heterocycles. The fourth-order valence-electron chi connectivity index (χ4n) is 0. The third-order valence-corrected chi connectivity index (χ3v) is 0. The summed E-state index contributed by atoms with van der Waals surface area (Å²) in [4.78, 5) is 0. The molecule has 0 spiro atoms. The Bertz CT molecular complexity index is 27.5. The Morgan fingerprint density at radius 1 is 1.67 bits per heavy atom. The zero-order valence-electron chi connectivity index (χ0n) is 2.57. The first-order chi connectivity index (χ1) is 2.41. The molecule has 0 aliphatic carbocycles. The number of halogens is 1. The maximum absolute atomic E-state index is 8.25. The van der Waals surface area contributed by atoms with Crippen molar-refractivity contribution in [3.05, 3.63) is 12.1 Å². The SMILES string of the molecule is C=CCl.[CaH2].[O]=[Ti]. The van der Waals surface area contributed by atoms with E-state index in [1.54, 1.807) is 0 Å². The van der Waals surface area contributed by atoms with E-state index in [2.05, 4.69) is 6.58 Å². The van der Waals surface area contributed by atoms with Crippen molar-refractivity contribution in [2.45, 2.75) is 0 Å². The Morgan fingerprint density at radius 2 is 1.67 bits per heavy atom. The molecule has 0 unspecified atom stereocenters. The van der Waals surface area contributed by atoms with E-state index in [-0.39, 0.29) is 37.7 Å². The second-order valence-corrected chi connectivity index (χ2v) is 0.463. The van der Waals surface area contributed by atoms with Crippen molar-refractivity contribution in [3.8, 4) is 0 Å². The molecule has 0 aromatic carbocycles. The van der Waals surface area contributed by atoms with Crippen molar-refractivity contribution < 1.29 is 23.7 Å². The molecule has 0 amide bonds. The van der Waals surface area contributed by atoms with Gasteiger partial charge in [-0.3, -0.25) is 0 Å². The van der Waals surface area contributed by atoms with Crippen LogP contribution in [0.5, 0.6) is 0 Å². The quantitative estimate of drug-likeness (QED) is 0.477. The molecule has 0 bridgehead atoms. The van der Waals surface area contributed by atoms with Crippen LogP contribution in [0.25, 0.3) is 0 Å². The van der Waals surface area contributed by atoms with Gasteiger partial charge in [-0.25, -0.2) is 0 Å². The van der Waals surface area contributed by atoms with Crippen LogP contribution in [0.15, 0.2) is 12.1 Å². The van der Waals surface area contributed by atoms with Gasteiger partial charge in [-0.1, -0.05) is 18.2 Å². The molecule has 4 heteroatoms. The average molecular weight is 168 g/mol. The molecule has 0 aliphatic rings. The van der Waals surface area contributed by atoms with Crippen LogP contribution in [0.1, 0.15) is 0 Å². The third-order valence-electron chi connectivity index (χ3n) is 0. The van der Waals surface area contributed by atoms with Gasteiger partial charge in [0.1, 0.15) is 0 Å². The van der Waals surface area contributed by atoms with Crippen molar-refractivity contribution in [1.82, 2.24) is 0 Å². The number of rotatable bonds is 0. The van der Waals surface area contributed by atoms with Gasteiger partial charge in [0, 0.05) is 0 Å². The molecule has 32 valence electrons. The van der Waals surface area contributed by atoms with Crippen LogP contribution < -0.4 is 0 Å². The first-order valence-corrected chi connectivity index (χ1v) is 1.90. The van der Waals surface area contributed by atoms with Crippen molar-refractivity contribution in [2.24, 2.45) is 0 Å². The van der Waals surface area contributed by atoms with Crippen LogP contribution in [0, 0.1) is 0 Å². The standard InChI is InChI=1S/C2H3Cl.Ca.O.Ti.2H/c1-2-3;;;;;/h2H,1H2;;;;;. The molecule has 0 N–H and O–H groups in total. The molecule has 1 nitrogen and oxygen atoms in total. The van der Waals surface area contributed by atoms with Gasteiger partial charge in [0.15, 0.2) is 0 Å². The van der Waals surface area contributed by atoms with E-state index in [1.165, 1.54) is 5.54 Å². The van der Waals surface area contributed by atoms with Gasteiger partial charge in [0.25, 0.3) is 0 Å². The van der Waals surface area contributed by atoms with Crippen LogP contribution >= 0.6 is 11.6 Å². The molecule has 0 atom stereocenters. The zero-order valence-corrected chi connectivity index (χ0v) is 4.89. The van der Waals surface area contributed by atoms with Gasteiger partial charge in [-0.2, -0.15) is 0 Å². The molecule has 6 heavy (non-hydrogen) atoms. The van der Waals surface area contributed by atoms with Crippen LogP contribution in [0.3, 0.4) is 0 Å². The van der Waals surface area contributed by atoms with Crippen LogP contribution in [0.2, 0.25) is 0 Å². The Morgan fingerprint density at radius 3 is 1.67 bits per heavy atom. The summed E-state index contributed by atoms with van der Waals surface area (Å²) in [6.45, 7) is 3.13. The summed E-state index contributed by atoms with van der Waals surface area (Å²) in [6.07, 6.45) is 0. The van der Waals surface area contributed by atoms with E-state index in [1.807, 2.05) is 0 Å². The van der Waals surface area contributed by atoms with Gasteiger partial charge >= 0.3 is 61.5 Å². The van der Waals surface area contributed by atoms with Crippen LogP contribution in [-0.2, 0) is 23.7 Å². The molecule has 0 radical (unpaired) electrons. The summed E-state index contributed by atoms with van der Waals surface area (Å²) < 4.78 is 8.25. The molecule has 0 saturated carbocycles. The summed E-state index contributed by atoms with van der Waals surface area (Å²) in [5.74, 6) is 0. The second-order valence-electron chi connectivity index (χ2n) is 0.154. The maximum atomic E-state index is 8.25. The van der Waals surface area contributed by atoms with Crippen molar-refractivity contribution in [3.63, 3.8) is 0 Å². The molecular formula is C2H5CaClOTi. The van der Waals surface area contributed by atoms with Crippen molar-refractivity contribution >= 4 is 49.3 Å². The number of hydrogen-bond acceptors (Lipinski definition) is 1. The first-order valence-electron chi connectivity index (χ1n) is 0.831. The topological polar surface area (TPSA) is 17.1 Å². The zero-order chi connectivity index (χ0) is 4.71. The minimum absolute atomic E-state index is 0. The molecule has 0 heterocycles. The fraction of sp³-hybridized carbons (Fsp3) is 0. The Balaban J connectivity index is -0.0000000275. The van der Waals surface area contributed by atoms with E-state index < -0.39 is 0 Å². The molecule has 0 aromatic rings. The van der Waals surface area contributed by atoms with E-state index in [9.17, 15) is 0 Å². The molecule has 0 aliphatic heterocycles. The summed E-state index contributed by atoms with van der Waals surface area (Å²) in [7, 11) is 0. The number of hydrogen-bond donors (Lipinski definition) is 0. The molecule has 0 saturated heterocycles. The van der Waals surface area contributed by atoms with Crippen molar-refractivity contribution in [1.29, 1.82) is 0 Å². The summed E-state index contributed by atoms with van der Waals surface area (Å²) >= 11 is 5.51. The predicted octanol–water partition coefficient (Wildman–Crippen LogP) is 0.331. The Labute approximate surface area is 83.9 Å². The summed E-state index contributed by atoms with van der Waals surface area (Å²) in [5.41, 5.74) is 1.22.